The summed E-state index contributed by atoms with van der Waals surface area (Å²) in [6.07, 6.45) is 0. The molecule has 0 heterocycles. The fourth-order valence-electron chi connectivity index (χ4n) is 1.60. The van der Waals surface area contributed by atoms with Crippen molar-refractivity contribution in [1.29, 1.82) is 0 Å². The van der Waals surface area contributed by atoms with E-state index >= 15 is 0 Å². The van der Waals surface area contributed by atoms with E-state index in [0.29, 0.717) is 12.1 Å². The standard InChI is InChI=1S/C14H10BrFINO/c15-10-4-5-13(17)12(7-10)14(19)18-8-9-2-1-3-11(16)6-9/h1-7H,8H2,(H,18,19). The smallest absolute Gasteiger partial charge is 0.252 e. The van der Waals surface area contributed by atoms with E-state index in [1.54, 1.807) is 18.2 Å². The molecule has 0 spiro atoms. The van der Waals surface area contributed by atoms with Crippen molar-refractivity contribution in [1.82, 2.24) is 5.32 Å². The Kier molecular flexibility index (Phi) is 4.93. The van der Waals surface area contributed by atoms with Crippen molar-refractivity contribution in [2.75, 3.05) is 0 Å². The van der Waals surface area contributed by atoms with E-state index in [1.807, 2.05) is 12.1 Å². The van der Waals surface area contributed by atoms with E-state index in [4.69, 9.17) is 0 Å². The van der Waals surface area contributed by atoms with E-state index in [2.05, 4.69) is 43.8 Å². The summed E-state index contributed by atoms with van der Waals surface area (Å²) >= 11 is 5.45. The molecule has 98 valence electrons. The van der Waals surface area contributed by atoms with Gasteiger partial charge in [-0.05, 0) is 58.5 Å². The Morgan fingerprint density at radius 3 is 2.79 bits per heavy atom. The number of hydrogen-bond donors (Lipinski definition) is 1. The highest BCUT2D eigenvalue weighted by atomic mass is 127. The number of amides is 1. The molecule has 19 heavy (non-hydrogen) atoms. The molecule has 0 bridgehead atoms. The van der Waals surface area contributed by atoms with E-state index in [0.717, 1.165) is 13.6 Å². The lowest BCUT2D eigenvalue weighted by Crippen LogP contribution is -2.23. The molecule has 0 aliphatic rings. The molecule has 5 heteroatoms. The largest absolute Gasteiger partial charge is 0.348 e. The highest BCUT2D eigenvalue weighted by Crippen LogP contribution is 2.18. The van der Waals surface area contributed by atoms with Crippen LogP contribution >= 0.6 is 38.5 Å². The minimum absolute atomic E-state index is 0.171. The van der Waals surface area contributed by atoms with Gasteiger partial charge in [0, 0.05) is 14.6 Å². The fourth-order valence-corrected chi connectivity index (χ4v) is 2.54. The topological polar surface area (TPSA) is 29.1 Å². The van der Waals surface area contributed by atoms with Gasteiger partial charge in [0.2, 0.25) is 0 Å². The van der Waals surface area contributed by atoms with Gasteiger partial charge >= 0.3 is 0 Å². The summed E-state index contributed by atoms with van der Waals surface area (Å²) in [5, 5.41) is 2.78. The molecule has 0 atom stereocenters. The average Bonchev–Trinajstić information content (AvgIpc) is 2.39. The van der Waals surface area contributed by atoms with Crippen molar-refractivity contribution < 1.29 is 9.18 Å². The number of halogens is 3. The number of carbonyl (C=O) groups excluding carboxylic acids is 1. The molecule has 0 aliphatic carbocycles. The number of nitrogens with one attached hydrogen (secondary N) is 1. The second-order valence-corrected chi connectivity index (χ2v) is 6.01. The summed E-state index contributed by atoms with van der Waals surface area (Å²) in [4.78, 5) is 12.0. The normalized spacial score (nSPS) is 10.3. The first kappa shape index (κ1) is 14.5. The van der Waals surface area contributed by atoms with E-state index < -0.39 is 0 Å². The van der Waals surface area contributed by atoms with Crippen LogP contribution in [0.1, 0.15) is 15.9 Å². The summed E-state index contributed by atoms with van der Waals surface area (Å²) in [6, 6.07) is 11.7. The molecule has 0 saturated carbocycles. The van der Waals surface area contributed by atoms with Gasteiger partial charge in [0.05, 0.1) is 5.56 Å². The van der Waals surface area contributed by atoms with Gasteiger partial charge in [-0.15, -0.1) is 0 Å². The van der Waals surface area contributed by atoms with Crippen LogP contribution in [0.15, 0.2) is 46.9 Å². The van der Waals surface area contributed by atoms with Crippen molar-refractivity contribution >= 4 is 44.4 Å². The van der Waals surface area contributed by atoms with Crippen LogP contribution in [0.2, 0.25) is 0 Å². The highest BCUT2D eigenvalue weighted by Gasteiger charge is 2.10. The van der Waals surface area contributed by atoms with Gasteiger partial charge in [0.1, 0.15) is 5.82 Å². The summed E-state index contributed by atoms with van der Waals surface area (Å²) in [5.41, 5.74) is 1.34. The van der Waals surface area contributed by atoms with Gasteiger partial charge in [0.15, 0.2) is 0 Å². The third-order valence-corrected chi connectivity index (χ3v) is 3.95. The van der Waals surface area contributed by atoms with E-state index in [1.165, 1.54) is 12.1 Å². The summed E-state index contributed by atoms with van der Waals surface area (Å²) in [6.45, 7) is 0.305. The molecule has 2 nitrogen and oxygen atoms in total. The van der Waals surface area contributed by atoms with Gasteiger partial charge in [-0.25, -0.2) is 4.39 Å². The third kappa shape index (κ3) is 4.01. The van der Waals surface area contributed by atoms with Crippen molar-refractivity contribution in [3.05, 3.63) is 67.5 Å². The molecule has 1 N–H and O–H groups in total. The number of hydrogen-bond acceptors (Lipinski definition) is 1. The molecule has 2 rings (SSSR count). The zero-order valence-electron chi connectivity index (χ0n) is 9.79. The molecule has 0 fully saturated rings. The van der Waals surface area contributed by atoms with Crippen LogP contribution in [-0.4, -0.2) is 5.91 Å². The maximum absolute atomic E-state index is 13.0. The SMILES string of the molecule is O=C(NCc1cccc(F)c1)c1cc(Br)ccc1I. The zero-order chi connectivity index (χ0) is 13.8. The lowest BCUT2D eigenvalue weighted by molar-refractivity contribution is 0.0950. The lowest BCUT2D eigenvalue weighted by Gasteiger charge is -2.07. The van der Waals surface area contributed by atoms with Crippen molar-refractivity contribution in [2.45, 2.75) is 6.54 Å². The molecule has 2 aromatic rings. The zero-order valence-corrected chi connectivity index (χ0v) is 13.5. The fraction of sp³-hybridized carbons (Fsp3) is 0.0714. The molecule has 0 unspecified atom stereocenters. The van der Waals surface area contributed by atoms with Crippen molar-refractivity contribution in [2.24, 2.45) is 0 Å². The van der Waals surface area contributed by atoms with Crippen molar-refractivity contribution in [3.63, 3.8) is 0 Å². The molecular weight excluding hydrogens is 424 g/mol. The quantitative estimate of drug-likeness (QED) is 0.724. The lowest BCUT2D eigenvalue weighted by atomic mass is 10.2. The first-order valence-electron chi connectivity index (χ1n) is 5.54. The summed E-state index contributed by atoms with van der Waals surface area (Å²) in [5.74, 6) is -0.473. The Morgan fingerprint density at radius 2 is 2.05 bits per heavy atom. The number of benzene rings is 2. The Bertz CT molecular complexity index is 618. The molecule has 0 radical (unpaired) electrons. The molecule has 2 aromatic carbocycles. The Hall–Kier alpha value is -0.950. The Balaban J connectivity index is 2.07. The summed E-state index contributed by atoms with van der Waals surface area (Å²) < 4.78 is 14.7. The van der Waals surface area contributed by atoms with Crippen LogP contribution in [0.3, 0.4) is 0 Å². The van der Waals surface area contributed by atoms with Crippen LogP contribution in [-0.2, 0) is 6.54 Å². The van der Waals surface area contributed by atoms with Gasteiger partial charge in [-0.3, -0.25) is 4.79 Å². The predicted octanol–water partition coefficient (Wildman–Crippen LogP) is 4.12. The van der Waals surface area contributed by atoms with Gasteiger partial charge < -0.3 is 5.32 Å². The average molecular weight is 434 g/mol. The van der Waals surface area contributed by atoms with Crippen LogP contribution in [0.25, 0.3) is 0 Å². The first-order chi connectivity index (χ1) is 9.06. The Morgan fingerprint density at radius 1 is 1.26 bits per heavy atom. The number of rotatable bonds is 3. The molecule has 0 saturated heterocycles. The number of carbonyl (C=O) groups is 1. The van der Waals surface area contributed by atoms with Gasteiger partial charge in [0.25, 0.3) is 5.91 Å². The third-order valence-electron chi connectivity index (χ3n) is 2.52. The molecule has 0 aliphatic heterocycles. The maximum Gasteiger partial charge on any atom is 0.252 e. The molecule has 1 amide bonds. The van der Waals surface area contributed by atoms with Crippen LogP contribution in [0.4, 0.5) is 4.39 Å². The van der Waals surface area contributed by atoms with E-state index in [-0.39, 0.29) is 11.7 Å². The van der Waals surface area contributed by atoms with Crippen molar-refractivity contribution in [3.8, 4) is 0 Å². The van der Waals surface area contributed by atoms with Gasteiger partial charge in [-0.1, -0.05) is 28.1 Å². The van der Waals surface area contributed by atoms with Crippen LogP contribution in [0, 0.1) is 9.39 Å². The first-order valence-corrected chi connectivity index (χ1v) is 7.41. The van der Waals surface area contributed by atoms with Gasteiger partial charge in [-0.2, -0.15) is 0 Å². The minimum atomic E-state index is -0.302. The summed E-state index contributed by atoms with van der Waals surface area (Å²) in [7, 11) is 0. The molecular formula is C14H10BrFINO. The monoisotopic (exact) mass is 433 g/mol. The second-order valence-electron chi connectivity index (χ2n) is 3.94. The minimum Gasteiger partial charge on any atom is -0.348 e. The van der Waals surface area contributed by atoms with E-state index in [9.17, 15) is 9.18 Å². The van der Waals surface area contributed by atoms with Crippen LogP contribution < -0.4 is 5.32 Å². The van der Waals surface area contributed by atoms with Crippen LogP contribution in [0.5, 0.6) is 0 Å². The highest BCUT2D eigenvalue weighted by molar-refractivity contribution is 14.1. The predicted molar refractivity (Wildman–Crippen MR) is 84.4 cm³/mol. The second kappa shape index (κ2) is 6.47. The molecule has 0 aromatic heterocycles. The maximum atomic E-state index is 13.0. The Labute approximate surface area is 132 Å².